The maximum Gasteiger partial charge on any atom is 0.325 e. The number of amides is 4. The van der Waals surface area contributed by atoms with Gasteiger partial charge in [-0.25, -0.2) is 9.18 Å². The SMILES string of the molecule is Cc1ccc(C(=O)N2CCC([C@@]3(c4cccnc4)NC(=O)N(Cc4ccc(F)cc4)C3=O)CC2)s1. The van der Waals surface area contributed by atoms with Crippen molar-refractivity contribution in [3.8, 4) is 0 Å². The summed E-state index contributed by atoms with van der Waals surface area (Å²) in [4.78, 5) is 48.9. The fourth-order valence-corrected chi connectivity index (χ4v) is 5.87. The number of piperidine rings is 1. The van der Waals surface area contributed by atoms with E-state index in [9.17, 15) is 18.8 Å². The molecule has 2 saturated heterocycles. The van der Waals surface area contributed by atoms with Crippen LogP contribution in [0.5, 0.6) is 0 Å². The van der Waals surface area contributed by atoms with E-state index in [-0.39, 0.29) is 30.1 Å². The van der Waals surface area contributed by atoms with Crippen LogP contribution in [0.25, 0.3) is 0 Å². The molecule has 7 nitrogen and oxygen atoms in total. The number of hydrogen-bond acceptors (Lipinski definition) is 5. The Morgan fingerprint density at radius 1 is 1.14 bits per heavy atom. The topological polar surface area (TPSA) is 82.6 Å². The Balaban J connectivity index is 1.40. The number of halogens is 1. The molecule has 1 N–H and O–H groups in total. The maximum atomic E-state index is 13.9. The van der Waals surface area contributed by atoms with E-state index in [0.717, 1.165) is 4.88 Å². The van der Waals surface area contributed by atoms with E-state index < -0.39 is 11.6 Å². The lowest BCUT2D eigenvalue weighted by atomic mass is 9.73. The smallest absolute Gasteiger partial charge is 0.325 e. The first kappa shape index (κ1) is 23.2. The van der Waals surface area contributed by atoms with E-state index in [0.29, 0.717) is 41.9 Å². The van der Waals surface area contributed by atoms with Gasteiger partial charge in [-0.15, -0.1) is 11.3 Å². The number of urea groups is 1. The van der Waals surface area contributed by atoms with Gasteiger partial charge in [0.15, 0.2) is 5.54 Å². The van der Waals surface area contributed by atoms with Crippen LogP contribution in [0.3, 0.4) is 0 Å². The monoisotopic (exact) mass is 492 g/mol. The van der Waals surface area contributed by atoms with E-state index in [2.05, 4.69) is 10.3 Å². The molecule has 1 aromatic carbocycles. The van der Waals surface area contributed by atoms with Crippen LogP contribution in [-0.4, -0.2) is 45.7 Å². The fraction of sp³-hybridized carbons (Fsp3) is 0.308. The van der Waals surface area contributed by atoms with Crippen molar-refractivity contribution in [1.29, 1.82) is 0 Å². The number of benzene rings is 1. The van der Waals surface area contributed by atoms with Crippen molar-refractivity contribution in [3.63, 3.8) is 0 Å². The first-order valence-corrected chi connectivity index (χ1v) is 12.3. The Kier molecular flexibility index (Phi) is 6.10. The predicted molar refractivity (Wildman–Crippen MR) is 129 cm³/mol. The van der Waals surface area contributed by atoms with Crippen molar-refractivity contribution in [1.82, 2.24) is 20.1 Å². The second kappa shape index (κ2) is 9.22. The van der Waals surface area contributed by atoms with Crippen molar-refractivity contribution in [3.05, 3.63) is 87.6 Å². The molecule has 2 aliphatic heterocycles. The number of thiophene rings is 1. The summed E-state index contributed by atoms with van der Waals surface area (Å²) in [7, 11) is 0. The Bertz CT molecular complexity index is 1260. The molecular weight excluding hydrogens is 467 g/mol. The van der Waals surface area contributed by atoms with Crippen molar-refractivity contribution in [2.45, 2.75) is 31.8 Å². The molecule has 0 unspecified atom stereocenters. The number of rotatable bonds is 5. The number of imide groups is 1. The number of nitrogens with one attached hydrogen (secondary N) is 1. The Labute approximate surface area is 206 Å². The van der Waals surface area contributed by atoms with E-state index in [1.54, 1.807) is 36.7 Å². The molecule has 4 amide bonds. The van der Waals surface area contributed by atoms with Crippen LogP contribution in [0.2, 0.25) is 0 Å². The van der Waals surface area contributed by atoms with Gasteiger partial charge < -0.3 is 10.2 Å². The van der Waals surface area contributed by atoms with Gasteiger partial charge in [0.25, 0.3) is 11.8 Å². The van der Waals surface area contributed by atoms with Crippen molar-refractivity contribution in [2.24, 2.45) is 5.92 Å². The zero-order valence-electron chi connectivity index (χ0n) is 19.2. The van der Waals surface area contributed by atoms with Gasteiger partial charge in [-0.1, -0.05) is 18.2 Å². The van der Waals surface area contributed by atoms with Crippen LogP contribution in [-0.2, 0) is 16.9 Å². The largest absolute Gasteiger partial charge is 0.338 e. The first-order valence-electron chi connectivity index (χ1n) is 11.5. The summed E-state index contributed by atoms with van der Waals surface area (Å²) in [5, 5.41) is 2.99. The van der Waals surface area contributed by atoms with Crippen LogP contribution >= 0.6 is 11.3 Å². The van der Waals surface area contributed by atoms with Gasteiger partial charge in [0.05, 0.1) is 11.4 Å². The van der Waals surface area contributed by atoms with Crippen LogP contribution in [0.4, 0.5) is 9.18 Å². The molecule has 2 aliphatic rings. The summed E-state index contributed by atoms with van der Waals surface area (Å²) >= 11 is 1.47. The molecule has 9 heteroatoms. The third-order valence-electron chi connectivity index (χ3n) is 6.85. The summed E-state index contributed by atoms with van der Waals surface area (Å²) in [5.41, 5.74) is 0.0159. The van der Waals surface area contributed by atoms with Gasteiger partial charge in [0.1, 0.15) is 5.82 Å². The lowest BCUT2D eigenvalue weighted by Crippen LogP contribution is -2.54. The highest BCUT2D eigenvalue weighted by atomic mass is 32.1. The summed E-state index contributed by atoms with van der Waals surface area (Å²) < 4.78 is 13.3. The predicted octanol–water partition coefficient (Wildman–Crippen LogP) is 4.09. The number of hydrogen-bond donors (Lipinski definition) is 1. The Morgan fingerprint density at radius 3 is 2.51 bits per heavy atom. The quantitative estimate of drug-likeness (QED) is 0.544. The van der Waals surface area contributed by atoms with Crippen molar-refractivity contribution in [2.75, 3.05) is 13.1 Å². The lowest BCUT2D eigenvalue weighted by Gasteiger charge is -2.41. The Hall–Kier alpha value is -3.59. The van der Waals surface area contributed by atoms with Crippen LogP contribution in [0.15, 0.2) is 60.9 Å². The van der Waals surface area contributed by atoms with E-state index >= 15 is 0 Å². The minimum Gasteiger partial charge on any atom is -0.338 e. The summed E-state index contributed by atoms with van der Waals surface area (Å²) in [5.74, 6) is -0.944. The standard InChI is InChI=1S/C26H25FN4O3S/c1-17-4-9-22(35-17)23(32)30-13-10-19(11-14-30)26(20-3-2-12-28-15-20)24(33)31(25(34)29-26)16-18-5-7-21(27)8-6-18/h2-9,12,15,19H,10-11,13-14,16H2,1H3,(H,29,34)/t26-/m0/s1. The van der Waals surface area contributed by atoms with E-state index in [4.69, 9.17) is 0 Å². The Morgan fingerprint density at radius 2 is 1.89 bits per heavy atom. The molecule has 4 heterocycles. The number of pyridine rings is 1. The molecule has 2 aromatic heterocycles. The fourth-order valence-electron chi connectivity index (χ4n) is 5.04. The van der Waals surface area contributed by atoms with Gasteiger partial charge >= 0.3 is 6.03 Å². The molecule has 0 bridgehead atoms. The summed E-state index contributed by atoms with van der Waals surface area (Å²) in [6.45, 7) is 2.99. The number of nitrogens with zero attached hydrogens (tertiary/aromatic N) is 3. The highest BCUT2D eigenvalue weighted by molar-refractivity contribution is 7.13. The van der Waals surface area contributed by atoms with Crippen LogP contribution < -0.4 is 5.32 Å². The second-order valence-corrected chi connectivity index (χ2v) is 10.3. The molecular formula is C26H25FN4O3S. The molecule has 180 valence electrons. The number of aryl methyl sites for hydroxylation is 1. The summed E-state index contributed by atoms with van der Waals surface area (Å²) in [6, 6.07) is 12.6. The second-order valence-electron chi connectivity index (χ2n) is 8.97. The highest BCUT2D eigenvalue weighted by Crippen LogP contribution is 2.42. The minimum absolute atomic E-state index is 0.00306. The lowest BCUT2D eigenvalue weighted by molar-refractivity contribution is -0.134. The molecule has 2 fully saturated rings. The molecule has 5 rings (SSSR count). The molecule has 0 radical (unpaired) electrons. The average molecular weight is 493 g/mol. The van der Waals surface area contributed by atoms with Crippen molar-refractivity contribution < 1.29 is 18.8 Å². The molecule has 0 saturated carbocycles. The van der Waals surface area contributed by atoms with Gasteiger partial charge in [0, 0.05) is 35.9 Å². The van der Waals surface area contributed by atoms with Crippen molar-refractivity contribution >= 4 is 29.2 Å². The van der Waals surface area contributed by atoms with Crippen LogP contribution in [0, 0.1) is 18.7 Å². The highest BCUT2D eigenvalue weighted by Gasteiger charge is 2.57. The number of carbonyl (C=O) groups excluding carboxylic acids is 3. The molecule has 0 spiro atoms. The zero-order chi connectivity index (χ0) is 24.6. The number of carbonyl (C=O) groups is 3. The van der Waals surface area contributed by atoms with Gasteiger partial charge in [-0.2, -0.15) is 0 Å². The third-order valence-corrected chi connectivity index (χ3v) is 7.84. The number of likely N-dealkylation sites (tertiary alicyclic amines) is 1. The first-order chi connectivity index (χ1) is 16.9. The van der Waals surface area contributed by atoms with Gasteiger partial charge in [-0.3, -0.25) is 19.5 Å². The van der Waals surface area contributed by atoms with E-state index in [1.165, 1.54) is 28.4 Å². The molecule has 1 atom stereocenters. The normalized spacial score (nSPS) is 20.9. The van der Waals surface area contributed by atoms with Gasteiger partial charge in [0.2, 0.25) is 0 Å². The molecule has 3 aromatic rings. The van der Waals surface area contributed by atoms with E-state index in [1.807, 2.05) is 24.0 Å². The average Bonchev–Trinajstić information content (AvgIpc) is 3.42. The van der Waals surface area contributed by atoms with Gasteiger partial charge in [-0.05, 0) is 61.6 Å². The molecule has 0 aliphatic carbocycles. The maximum absolute atomic E-state index is 13.9. The number of aromatic nitrogens is 1. The van der Waals surface area contributed by atoms with Crippen LogP contribution in [0.1, 0.15) is 38.5 Å². The zero-order valence-corrected chi connectivity index (χ0v) is 20.1. The minimum atomic E-state index is -1.26. The molecule has 35 heavy (non-hydrogen) atoms. The summed E-state index contributed by atoms with van der Waals surface area (Å²) in [6.07, 6.45) is 4.35. The third kappa shape index (κ3) is 4.20.